The molecule has 0 bridgehead atoms. The van der Waals surface area contributed by atoms with Gasteiger partial charge in [-0.15, -0.1) is 0 Å². The Morgan fingerprint density at radius 1 is 1.03 bits per heavy atom. The second-order valence-electron chi connectivity index (χ2n) is 8.88. The molecule has 3 N–H and O–H groups in total. The predicted octanol–water partition coefficient (Wildman–Crippen LogP) is 2.76. The predicted molar refractivity (Wildman–Crippen MR) is 128 cm³/mol. The molecule has 34 heavy (non-hydrogen) atoms. The van der Waals surface area contributed by atoms with E-state index < -0.39 is 12.1 Å². The van der Waals surface area contributed by atoms with E-state index in [1.54, 1.807) is 35.2 Å². The smallest absolute Gasteiger partial charge is 0.335 e. The summed E-state index contributed by atoms with van der Waals surface area (Å²) in [6.07, 6.45) is -0.584. The van der Waals surface area contributed by atoms with Gasteiger partial charge in [0.1, 0.15) is 17.7 Å². The molecule has 9 nitrogen and oxygen atoms in total. The fourth-order valence-corrected chi connectivity index (χ4v) is 4.17. The molecule has 0 radical (unpaired) electrons. The molecular weight excluding hydrogens is 436 g/mol. The molecule has 0 aliphatic carbocycles. The topological polar surface area (TPSA) is 127 Å². The van der Waals surface area contributed by atoms with Gasteiger partial charge in [0.05, 0.1) is 16.6 Å². The van der Waals surface area contributed by atoms with Crippen LogP contribution in [0.4, 0.5) is 5.82 Å². The molecule has 0 saturated carbocycles. The van der Waals surface area contributed by atoms with Crippen LogP contribution in [0.1, 0.15) is 30.6 Å². The molecule has 1 aromatic heterocycles. The third kappa shape index (κ3) is 4.79. The van der Waals surface area contributed by atoms with E-state index in [-0.39, 0.29) is 29.0 Å². The number of carboxylic acids is 1. The van der Waals surface area contributed by atoms with Crippen molar-refractivity contribution in [3.63, 3.8) is 0 Å². The molecule has 1 aliphatic heterocycles. The third-order valence-corrected chi connectivity index (χ3v) is 5.94. The maximum Gasteiger partial charge on any atom is 0.335 e. The molecule has 4 rings (SSSR count). The van der Waals surface area contributed by atoms with Crippen molar-refractivity contribution in [2.24, 2.45) is 5.92 Å². The second kappa shape index (κ2) is 9.64. The van der Waals surface area contributed by atoms with Crippen LogP contribution in [0, 0.1) is 5.92 Å². The number of aromatic carboxylic acids is 1. The summed E-state index contributed by atoms with van der Waals surface area (Å²) in [4.78, 5) is 37.1. The Morgan fingerprint density at radius 2 is 1.74 bits per heavy atom. The third-order valence-electron chi connectivity index (χ3n) is 5.94. The zero-order valence-corrected chi connectivity index (χ0v) is 19.2. The second-order valence-corrected chi connectivity index (χ2v) is 8.88. The van der Waals surface area contributed by atoms with Gasteiger partial charge >= 0.3 is 5.97 Å². The van der Waals surface area contributed by atoms with Crippen LogP contribution < -0.4 is 4.90 Å². The number of fused-ring (bicyclic) bond motifs is 1. The number of anilines is 1. The minimum absolute atomic E-state index is 0.0248. The Kier molecular flexibility index (Phi) is 6.65. The largest absolute Gasteiger partial charge is 0.507 e. The number of rotatable bonds is 6. The number of aromatic nitrogens is 2. The van der Waals surface area contributed by atoms with Crippen molar-refractivity contribution in [1.29, 1.82) is 0 Å². The number of carbonyl (C=O) groups is 2. The summed E-state index contributed by atoms with van der Waals surface area (Å²) in [6.45, 7) is 5.77. The number of para-hydroxylation sites is 1. The minimum Gasteiger partial charge on any atom is -0.507 e. The molecule has 1 unspecified atom stereocenters. The zero-order valence-electron chi connectivity index (χ0n) is 19.2. The SMILES string of the molecule is CC(C)CC(O)C(=O)N1CCN(c2nc(-c3ccccc3O)nc3cc(C(=O)O)ccc23)CC1. The molecule has 9 heteroatoms. The molecular formula is C25H28N4O5. The van der Waals surface area contributed by atoms with Crippen LogP contribution in [0.2, 0.25) is 0 Å². The fraction of sp³-hybridized carbons (Fsp3) is 0.360. The van der Waals surface area contributed by atoms with E-state index in [9.17, 15) is 24.9 Å². The summed E-state index contributed by atoms with van der Waals surface area (Å²) in [5, 5.41) is 30.7. The molecule has 0 spiro atoms. The van der Waals surface area contributed by atoms with E-state index in [1.807, 2.05) is 18.7 Å². The summed E-state index contributed by atoms with van der Waals surface area (Å²) in [7, 11) is 0. The maximum atomic E-state index is 12.6. The van der Waals surface area contributed by atoms with Gasteiger partial charge in [-0.2, -0.15) is 0 Å². The Balaban J connectivity index is 1.67. The highest BCUT2D eigenvalue weighted by Gasteiger charge is 2.28. The Hall–Kier alpha value is -3.72. The highest BCUT2D eigenvalue weighted by molar-refractivity contribution is 5.97. The summed E-state index contributed by atoms with van der Waals surface area (Å²) in [5.74, 6) is -0.183. The lowest BCUT2D eigenvalue weighted by molar-refractivity contribution is -0.141. The van der Waals surface area contributed by atoms with Crippen molar-refractivity contribution in [2.45, 2.75) is 26.4 Å². The van der Waals surface area contributed by atoms with Crippen LogP contribution in [0.15, 0.2) is 42.5 Å². The summed E-state index contributed by atoms with van der Waals surface area (Å²) in [6, 6.07) is 11.4. The molecule has 1 aliphatic rings. The highest BCUT2D eigenvalue weighted by atomic mass is 16.4. The van der Waals surface area contributed by atoms with E-state index in [1.165, 1.54) is 12.1 Å². The van der Waals surface area contributed by atoms with Crippen molar-refractivity contribution in [3.8, 4) is 17.1 Å². The maximum absolute atomic E-state index is 12.6. The number of carbonyl (C=O) groups excluding carboxylic acids is 1. The van der Waals surface area contributed by atoms with Crippen molar-refractivity contribution in [1.82, 2.24) is 14.9 Å². The monoisotopic (exact) mass is 464 g/mol. The number of hydrogen-bond acceptors (Lipinski definition) is 7. The fourth-order valence-electron chi connectivity index (χ4n) is 4.17. The lowest BCUT2D eigenvalue weighted by Crippen LogP contribution is -2.52. The van der Waals surface area contributed by atoms with Gasteiger partial charge in [-0.1, -0.05) is 26.0 Å². The van der Waals surface area contributed by atoms with Crippen molar-refractivity contribution < 1.29 is 24.9 Å². The van der Waals surface area contributed by atoms with Gasteiger partial charge in [-0.25, -0.2) is 14.8 Å². The van der Waals surface area contributed by atoms with Crippen molar-refractivity contribution in [2.75, 3.05) is 31.1 Å². The number of hydrogen-bond donors (Lipinski definition) is 3. The normalized spacial score (nSPS) is 15.1. The highest BCUT2D eigenvalue weighted by Crippen LogP contribution is 2.32. The Labute approximate surface area is 197 Å². The number of piperazine rings is 1. The Bertz CT molecular complexity index is 1220. The van der Waals surface area contributed by atoms with Gasteiger partial charge in [0.2, 0.25) is 0 Å². The quantitative estimate of drug-likeness (QED) is 0.508. The van der Waals surface area contributed by atoms with Gasteiger partial charge in [-0.3, -0.25) is 4.79 Å². The molecule has 178 valence electrons. The molecule has 1 saturated heterocycles. The first-order valence-electron chi connectivity index (χ1n) is 11.3. The summed E-state index contributed by atoms with van der Waals surface area (Å²) >= 11 is 0. The number of phenols is 1. The average molecular weight is 465 g/mol. The molecule has 3 aromatic rings. The number of aliphatic hydroxyl groups is 1. The van der Waals surface area contributed by atoms with Crippen LogP contribution in [0.25, 0.3) is 22.3 Å². The van der Waals surface area contributed by atoms with E-state index >= 15 is 0 Å². The van der Waals surface area contributed by atoms with Gasteiger partial charge in [-0.05, 0) is 42.7 Å². The van der Waals surface area contributed by atoms with Gasteiger partial charge in [0.15, 0.2) is 5.82 Å². The first-order chi connectivity index (χ1) is 16.2. The number of benzene rings is 2. The average Bonchev–Trinajstić information content (AvgIpc) is 2.82. The van der Waals surface area contributed by atoms with Crippen LogP contribution in [-0.2, 0) is 4.79 Å². The minimum atomic E-state index is -1.06. The van der Waals surface area contributed by atoms with Crippen LogP contribution in [-0.4, -0.2) is 74.3 Å². The molecule has 1 fully saturated rings. The van der Waals surface area contributed by atoms with Crippen LogP contribution in [0.5, 0.6) is 5.75 Å². The lowest BCUT2D eigenvalue weighted by Gasteiger charge is -2.37. The van der Waals surface area contributed by atoms with Crippen LogP contribution >= 0.6 is 0 Å². The molecule has 1 atom stereocenters. The van der Waals surface area contributed by atoms with Gasteiger partial charge < -0.3 is 25.1 Å². The number of nitrogens with zero attached hydrogens (tertiary/aromatic N) is 4. The van der Waals surface area contributed by atoms with E-state index in [2.05, 4.69) is 4.98 Å². The Morgan fingerprint density at radius 3 is 2.38 bits per heavy atom. The first kappa shape index (κ1) is 23.4. The van der Waals surface area contributed by atoms with Gasteiger partial charge in [0, 0.05) is 31.6 Å². The summed E-state index contributed by atoms with van der Waals surface area (Å²) in [5.41, 5.74) is 1.00. The van der Waals surface area contributed by atoms with E-state index in [4.69, 9.17) is 4.98 Å². The van der Waals surface area contributed by atoms with Crippen molar-refractivity contribution >= 4 is 28.6 Å². The van der Waals surface area contributed by atoms with E-state index in [0.29, 0.717) is 54.9 Å². The number of aliphatic hydroxyl groups excluding tert-OH is 1. The first-order valence-corrected chi connectivity index (χ1v) is 11.3. The number of carboxylic acid groups (broad SMARTS) is 1. The van der Waals surface area contributed by atoms with E-state index in [0.717, 1.165) is 0 Å². The lowest BCUT2D eigenvalue weighted by atomic mass is 10.0. The van der Waals surface area contributed by atoms with Crippen molar-refractivity contribution in [3.05, 3.63) is 48.0 Å². The van der Waals surface area contributed by atoms with Gasteiger partial charge in [0.25, 0.3) is 5.91 Å². The number of aromatic hydroxyl groups is 1. The standard InChI is InChI=1S/C25H28N4O5/c1-15(2)13-21(31)24(32)29-11-9-28(10-12-29)23-17-8-7-16(25(33)34)14-19(17)26-22(27-23)18-5-3-4-6-20(18)30/h3-8,14-15,21,30-31H,9-13H2,1-2H3,(H,33,34). The summed E-state index contributed by atoms with van der Waals surface area (Å²) < 4.78 is 0. The van der Waals surface area contributed by atoms with Crippen LogP contribution in [0.3, 0.4) is 0 Å². The zero-order chi connectivity index (χ0) is 24.4. The molecule has 2 aromatic carbocycles. The number of phenolic OH excluding ortho intramolecular Hbond substituents is 1. The molecule has 1 amide bonds. The molecule has 2 heterocycles. The number of amides is 1.